The normalized spacial score (nSPS) is 16.5. The van der Waals surface area contributed by atoms with Crippen molar-refractivity contribution in [1.29, 1.82) is 0 Å². The fourth-order valence-corrected chi connectivity index (χ4v) is 5.82. The molecular formula is C32H33ClFN3O5S. The molecule has 1 aliphatic heterocycles. The first-order chi connectivity index (χ1) is 20.6. The summed E-state index contributed by atoms with van der Waals surface area (Å²) in [5.74, 6) is 0.732. The number of ether oxygens (including phenoxy) is 3. The van der Waals surface area contributed by atoms with Crippen molar-refractivity contribution in [3.8, 4) is 5.75 Å². The molecule has 1 aliphatic rings. The number of anilines is 2. The molecule has 0 saturated carbocycles. The average Bonchev–Trinajstić information content (AvgIpc) is 3.46. The van der Waals surface area contributed by atoms with E-state index in [1.165, 1.54) is 18.5 Å². The van der Waals surface area contributed by atoms with Crippen LogP contribution in [0.15, 0.2) is 79.3 Å². The molecule has 0 amide bonds. The summed E-state index contributed by atoms with van der Waals surface area (Å²) >= 11 is 6.51. The molecule has 0 bridgehead atoms. The van der Waals surface area contributed by atoms with Gasteiger partial charge in [0.15, 0.2) is 9.84 Å². The SMILES string of the molecule is CC(C)S(=O)(=O)CCOCCC1(c2ccc3ncnc(Nc4ccc(OCc5cccc(F)c5)c(Cl)c4)c3c2)CC=CO1. The number of rotatable bonds is 13. The number of benzene rings is 3. The van der Waals surface area contributed by atoms with Gasteiger partial charge < -0.3 is 19.5 Å². The van der Waals surface area contributed by atoms with Crippen LogP contribution in [0.3, 0.4) is 0 Å². The van der Waals surface area contributed by atoms with Gasteiger partial charge in [0.2, 0.25) is 0 Å². The summed E-state index contributed by atoms with van der Waals surface area (Å²) in [6, 6.07) is 17.4. The summed E-state index contributed by atoms with van der Waals surface area (Å²) in [5.41, 5.74) is 2.43. The Kier molecular flexibility index (Phi) is 9.49. The molecule has 0 fully saturated rings. The molecule has 0 radical (unpaired) electrons. The van der Waals surface area contributed by atoms with Crippen molar-refractivity contribution >= 4 is 43.8 Å². The summed E-state index contributed by atoms with van der Waals surface area (Å²) in [5, 5.41) is 4.09. The number of hydrogen-bond acceptors (Lipinski definition) is 8. The van der Waals surface area contributed by atoms with Crippen LogP contribution in [-0.4, -0.2) is 42.6 Å². The summed E-state index contributed by atoms with van der Waals surface area (Å²) in [6.45, 7) is 4.01. The second kappa shape index (κ2) is 13.3. The molecule has 11 heteroatoms. The standard InChI is InChI=1S/C32H33ClFN3O5S/c1-22(2)43(38,39)16-15-40-14-12-32(11-4-13-42-32)24-7-9-29-27(18-24)31(36-21-35-29)37-26-8-10-30(28(33)19-26)41-20-23-5-3-6-25(34)17-23/h3-10,13,17-19,21-22H,11-12,14-16,20H2,1-2H3,(H,35,36,37). The van der Waals surface area contributed by atoms with E-state index in [2.05, 4.69) is 15.3 Å². The van der Waals surface area contributed by atoms with Crippen LogP contribution in [0.25, 0.3) is 10.9 Å². The first kappa shape index (κ1) is 30.7. The number of aromatic nitrogens is 2. The van der Waals surface area contributed by atoms with Crippen LogP contribution in [0.1, 0.15) is 37.8 Å². The zero-order valence-corrected chi connectivity index (χ0v) is 25.5. The lowest BCUT2D eigenvalue weighted by molar-refractivity contribution is 0.00279. The highest BCUT2D eigenvalue weighted by molar-refractivity contribution is 7.91. The molecule has 1 N–H and O–H groups in total. The molecule has 43 heavy (non-hydrogen) atoms. The Labute approximate surface area is 255 Å². The monoisotopic (exact) mass is 625 g/mol. The fraction of sp³-hybridized carbons (Fsp3) is 0.312. The lowest BCUT2D eigenvalue weighted by Gasteiger charge is -2.29. The summed E-state index contributed by atoms with van der Waals surface area (Å²) in [4.78, 5) is 8.91. The van der Waals surface area contributed by atoms with Gasteiger partial charge in [0.25, 0.3) is 0 Å². The van der Waals surface area contributed by atoms with E-state index < -0.39 is 20.7 Å². The molecule has 4 aromatic rings. The second-order valence-corrected chi connectivity index (χ2v) is 13.7. The Hall–Kier alpha value is -3.73. The Morgan fingerprint density at radius 2 is 1.95 bits per heavy atom. The summed E-state index contributed by atoms with van der Waals surface area (Å²) < 4.78 is 55.3. The zero-order chi connectivity index (χ0) is 30.5. The molecule has 1 unspecified atom stereocenters. The predicted molar refractivity (Wildman–Crippen MR) is 166 cm³/mol. The largest absolute Gasteiger partial charge is 0.490 e. The molecule has 0 saturated heterocycles. The van der Waals surface area contributed by atoms with Gasteiger partial charge in [-0.2, -0.15) is 0 Å². The van der Waals surface area contributed by atoms with Crippen molar-refractivity contribution in [1.82, 2.24) is 9.97 Å². The number of hydrogen-bond donors (Lipinski definition) is 1. The Morgan fingerprint density at radius 1 is 1.09 bits per heavy atom. The van der Waals surface area contributed by atoms with E-state index >= 15 is 0 Å². The highest BCUT2D eigenvalue weighted by Crippen LogP contribution is 2.40. The Bertz CT molecular complexity index is 1720. The number of nitrogens with zero attached hydrogens (tertiary/aromatic N) is 2. The third-order valence-electron chi connectivity index (χ3n) is 7.36. The number of nitrogens with one attached hydrogen (secondary N) is 1. The van der Waals surface area contributed by atoms with E-state index in [0.717, 1.165) is 16.5 Å². The average molecular weight is 626 g/mol. The molecular weight excluding hydrogens is 593 g/mol. The van der Waals surface area contributed by atoms with E-state index in [4.69, 9.17) is 25.8 Å². The molecule has 226 valence electrons. The highest BCUT2D eigenvalue weighted by atomic mass is 35.5. The maximum absolute atomic E-state index is 13.5. The Balaban J connectivity index is 1.30. The van der Waals surface area contributed by atoms with Crippen molar-refractivity contribution in [2.75, 3.05) is 24.3 Å². The van der Waals surface area contributed by atoms with Gasteiger partial charge in [-0.3, -0.25) is 0 Å². The topological polar surface area (TPSA) is 99.6 Å². The van der Waals surface area contributed by atoms with Gasteiger partial charge in [-0.15, -0.1) is 0 Å². The van der Waals surface area contributed by atoms with Crippen molar-refractivity contribution in [2.45, 2.75) is 44.1 Å². The van der Waals surface area contributed by atoms with Crippen LogP contribution in [0.5, 0.6) is 5.75 Å². The van der Waals surface area contributed by atoms with Crippen LogP contribution in [0.2, 0.25) is 5.02 Å². The minimum absolute atomic E-state index is 0.0107. The van der Waals surface area contributed by atoms with Gasteiger partial charge >= 0.3 is 0 Å². The van der Waals surface area contributed by atoms with Crippen LogP contribution in [-0.2, 0) is 31.5 Å². The number of sulfone groups is 1. The number of halogens is 2. The third kappa shape index (κ3) is 7.44. The van der Waals surface area contributed by atoms with Gasteiger partial charge in [-0.05, 0) is 73.5 Å². The van der Waals surface area contributed by atoms with Crippen molar-refractivity contribution < 1.29 is 27.0 Å². The second-order valence-electron chi connectivity index (χ2n) is 10.6. The molecule has 5 rings (SSSR count). The molecule has 2 heterocycles. The minimum Gasteiger partial charge on any atom is -0.490 e. The van der Waals surface area contributed by atoms with Gasteiger partial charge in [0.05, 0.1) is 41.0 Å². The predicted octanol–water partition coefficient (Wildman–Crippen LogP) is 7.10. The van der Waals surface area contributed by atoms with Crippen LogP contribution >= 0.6 is 11.6 Å². The van der Waals surface area contributed by atoms with E-state index in [1.54, 1.807) is 44.4 Å². The van der Waals surface area contributed by atoms with E-state index in [1.807, 2.05) is 30.3 Å². The first-order valence-corrected chi connectivity index (χ1v) is 16.1. The van der Waals surface area contributed by atoms with E-state index in [-0.39, 0.29) is 24.8 Å². The third-order valence-corrected chi connectivity index (χ3v) is 9.83. The maximum Gasteiger partial charge on any atom is 0.154 e. The summed E-state index contributed by atoms with van der Waals surface area (Å²) in [7, 11) is -3.16. The first-order valence-electron chi connectivity index (χ1n) is 14.0. The molecule has 1 atom stereocenters. The van der Waals surface area contributed by atoms with E-state index in [9.17, 15) is 12.8 Å². The lowest BCUT2D eigenvalue weighted by atomic mass is 9.87. The van der Waals surface area contributed by atoms with E-state index in [0.29, 0.717) is 47.3 Å². The molecule has 0 aliphatic carbocycles. The summed E-state index contributed by atoms with van der Waals surface area (Å²) in [6.07, 6.45) is 6.33. The van der Waals surface area contributed by atoms with Crippen molar-refractivity contribution in [2.24, 2.45) is 0 Å². The van der Waals surface area contributed by atoms with Gasteiger partial charge in [0, 0.05) is 23.9 Å². The fourth-order valence-electron chi connectivity index (χ4n) is 4.77. The zero-order valence-electron chi connectivity index (χ0n) is 23.9. The quantitative estimate of drug-likeness (QED) is 0.157. The molecule has 8 nitrogen and oxygen atoms in total. The van der Waals surface area contributed by atoms with Crippen LogP contribution < -0.4 is 10.1 Å². The Morgan fingerprint density at radius 3 is 2.70 bits per heavy atom. The molecule has 1 aromatic heterocycles. The lowest BCUT2D eigenvalue weighted by Crippen LogP contribution is -2.28. The smallest absolute Gasteiger partial charge is 0.154 e. The van der Waals surface area contributed by atoms with Gasteiger partial charge in [0.1, 0.15) is 35.9 Å². The van der Waals surface area contributed by atoms with Crippen LogP contribution in [0.4, 0.5) is 15.9 Å². The number of fused-ring (bicyclic) bond motifs is 1. The molecule has 0 spiro atoms. The van der Waals surface area contributed by atoms with Gasteiger partial charge in [-0.25, -0.2) is 22.8 Å². The molecule has 3 aromatic carbocycles. The van der Waals surface area contributed by atoms with Crippen LogP contribution in [0, 0.1) is 5.82 Å². The highest BCUT2D eigenvalue weighted by Gasteiger charge is 2.35. The minimum atomic E-state index is -3.16. The van der Waals surface area contributed by atoms with Crippen molar-refractivity contribution in [3.05, 3.63) is 101 Å². The van der Waals surface area contributed by atoms with Crippen molar-refractivity contribution in [3.63, 3.8) is 0 Å². The maximum atomic E-state index is 13.5. The van der Waals surface area contributed by atoms with Gasteiger partial charge in [-0.1, -0.05) is 29.8 Å².